The van der Waals surface area contributed by atoms with Crippen molar-refractivity contribution >= 4 is 5.91 Å². The van der Waals surface area contributed by atoms with Crippen LogP contribution in [0.4, 0.5) is 0 Å². The van der Waals surface area contributed by atoms with Gasteiger partial charge in [-0.1, -0.05) is 12.8 Å². The summed E-state index contributed by atoms with van der Waals surface area (Å²) in [5.41, 5.74) is 0.940. The molecule has 1 amide bonds. The number of hydrogen-bond acceptors (Lipinski definition) is 3. The van der Waals surface area contributed by atoms with Crippen molar-refractivity contribution in [1.82, 2.24) is 14.7 Å². The summed E-state index contributed by atoms with van der Waals surface area (Å²) in [4.78, 5) is 14.5. The average Bonchev–Trinajstić information content (AvgIpc) is 2.76. The molecule has 0 radical (unpaired) electrons. The van der Waals surface area contributed by atoms with Gasteiger partial charge in [0, 0.05) is 32.3 Å². The van der Waals surface area contributed by atoms with Gasteiger partial charge in [0.2, 0.25) is 0 Å². The molecule has 5 nitrogen and oxygen atoms in total. The Hall–Kier alpha value is -1.36. The Kier molecular flexibility index (Phi) is 3.32. The summed E-state index contributed by atoms with van der Waals surface area (Å²) in [5, 5.41) is 14.9. The number of aryl methyl sites for hydroxylation is 2. The molecule has 1 aromatic heterocycles. The van der Waals surface area contributed by atoms with E-state index in [1.165, 1.54) is 6.42 Å². The Labute approximate surface area is 119 Å². The lowest BCUT2D eigenvalue weighted by Gasteiger charge is -2.47. The van der Waals surface area contributed by atoms with Gasteiger partial charge in [-0.05, 0) is 26.2 Å². The number of likely N-dealkylation sites (tertiary alicyclic amines) is 1. The minimum Gasteiger partial charge on any atom is -0.389 e. The highest BCUT2D eigenvalue weighted by atomic mass is 16.3. The van der Waals surface area contributed by atoms with Crippen molar-refractivity contribution in [2.75, 3.05) is 13.1 Å². The molecule has 1 saturated carbocycles. The Bertz CT molecular complexity index is 525. The molecule has 1 aliphatic carbocycles. The second kappa shape index (κ2) is 4.88. The molecule has 1 aromatic rings. The van der Waals surface area contributed by atoms with Crippen LogP contribution in [0.2, 0.25) is 0 Å². The molecule has 20 heavy (non-hydrogen) atoms. The molecule has 3 rings (SSSR count). The number of nitrogens with zero attached hydrogens (tertiary/aromatic N) is 3. The number of aliphatic hydroxyl groups is 1. The van der Waals surface area contributed by atoms with Crippen LogP contribution in [0.1, 0.15) is 48.2 Å². The van der Waals surface area contributed by atoms with Gasteiger partial charge < -0.3 is 10.0 Å². The third-order valence-corrected chi connectivity index (χ3v) is 4.96. The molecule has 5 heteroatoms. The first-order valence-electron chi connectivity index (χ1n) is 7.51. The first-order valence-corrected chi connectivity index (χ1v) is 7.51. The van der Waals surface area contributed by atoms with Gasteiger partial charge in [0.15, 0.2) is 0 Å². The summed E-state index contributed by atoms with van der Waals surface area (Å²) in [6.45, 7) is 3.21. The monoisotopic (exact) mass is 277 g/mol. The zero-order valence-corrected chi connectivity index (χ0v) is 12.3. The number of carbonyl (C=O) groups excluding carboxylic acids is 1. The molecule has 2 atom stereocenters. The predicted molar refractivity (Wildman–Crippen MR) is 75.4 cm³/mol. The van der Waals surface area contributed by atoms with E-state index in [9.17, 15) is 9.90 Å². The van der Waals surface area contributed by atoms with Crippen LogP contribution in [0.5, 0.6) is 0 Å². The van der Waals surface area contributed by atoms with E-state index in [4.69, 9.17) is 0 Å². The van der Waals surface area contributed by atoms with Gasteiger partial charge in [0.25, 0.3) is 5.91 Å². The summed E-state index contributed by atoms with van der Waals surface area (Å²) in [6.07, 6.45) is 6.71. The molecule has 1 N–H and O–H groups in total. The molecule has 1 aliphatic heterocycles. The fraction of sp³-hybridized carbons (Fsp3) is 0.733. The zero-order chi connectivity index (χ0) is 14.3. The van der Waals surface area contributed by atoms with E-state index >= 15 is 0 Å². The largest absolute Gasteiger partial charge is 0.389 e. The van der Waals surface area contributed by atoms with E-state index in [1.807, 2.05) is 18.9 Å². The molecular formula is C15H23N3O2. The van der Waals surface area contributed by atoms with E-state index in [1.54, 1.807) is 10.9 Å². The SMILES string of the molecule is Cc1nn(C)cc1C(=O)N1CCC2(O)CCCCC2C1. The average molecular weight is 277 g/mol. The molecule has 0 aromatic carbocycles. The van der Waals surface area contributed by atoms with Gasteiger partial charge >= 0.3 is 0 Å². The Morgan fingerprint density at radius 1 is 1.45 bits per heavy atom. The van der Waals surface area contributed by atoms with Crippen LogP contribution in [-0.2, 0) is 7.05 Å². The summed E-state index contributed by atoms with van der Waals surface area (Å²) in [6, 6.07) is 0. The maximum atomic E-state index is 12.6. The first kappa shape index (κ1) is 13.6. The second-order valence-electron chi connectivity index (χ2n) is 6.35. The summed E-state index contributed by atoms with van der Waals surface area (Å²) in [7, 11) is 1.83. The highest BCUT2D eigenvalue weighted by Crippen LogP contribution is 2.40. The molecular weight excluding hydrogens is 254 g/mol. The van der Waals surface area contributed by atoms with Crippen molar-refractivity contribution in [2.45, 2.75) is 44.6 Å². The van der Waals surface area contributed by atoms with Crippen molar-refractivity contribution in [2.24, 2.45) is 13.0 Å². The smallest absolute Gasteiger partial charge is 0.257 e. The summed E-state index contributed by atoms with van der Waals surface area (Å²) >= 11 is 0. The summed E-state index contributed by atoms with van der Waals surface area (Å²) < 4.78 is 1.68. The molecule has 2 fully saturated rings. The Morgan fingerprint density at radius 2 is 2.25 bits per heavy atom. The number of fused-ring (bicyclic) bond motifs is 1. The third-order valence-electron chi connectivity index (χ3n) is 4.96. The zero-order valence-electron chi connectivity index (χ0n) is 12.3. The van der Waals surface area contributed by atoms with Crippen molar-refractivity contribution in [3.63, 3.8) is 0 Å². The van der Waals surface area contributed by atoms with Crippen LogP contribution < -0.4 is 0 Å². The Morgan fingerprint density at radius 3 is 2.95 bits per heavy atom. The standard InChI is InChI=1S/C15H23N3O2/c1-11-13(10-17(2)16-11)14(19)18-8-7-15(20)6-4-3-5-12(15)9-18/h10,12,20H,3-9H2,1-2H3. The quantitative estimate of drug-likeness (QED) is 0.846. The number of amides is 1. The highest BCUT2D eigenvalue weighted by Gasteiger charge is 2.44. The lowest BCUT2D eigenvalue weighted by atomic mass is 9.71. The lowest BCUT2D eigenvalue weighted by Crippen LogP contribution is -2.54. The topological polar surface area (TPSA) is 58.4 Å². The third kappa shape index (κ3) is 2.24. The van der Waals surface area contributed by atoms with Gasteiger partial charge in [-0.2, -0.15) is 5.10 Å². The van der Waals surface area contributed by atoms with Crippen LogP contribution in [0.3, 0.4) is 0 Å². The molecule has 0 spiro atoms. The predicted octanol–water partition coefficient (Wildman–Crippen LogP) is 1.50. The second-order valence-corrected chi connectivity index (χ2v) is 6.35. The highest BCUT2D eigenvalue weighted by molar-refractivity contribution is 5.95. The molecule has 0 bridgehead atoms. The van der Waals surface area contributed by atoms with Gasteiger partial charge in [0.1, 0.15) is 0 Å². The number of aromatic nitrogens is 2. The van der Waals surface area contributed by atoms with E-state index < -0.39 is 5.60 Å². The van der Waals surface area contributed by atoms with E-state index in [2.05, 4.69) is 5.10 Å². The molecule has 2 heterocycles. The minimum absolute atomic E-state index is 0.0585. The molecule has 110 valence electrons. The van der Waals surface area contributed by atoms with Crippen molar-refractivity contribution < 1.29 is 9.90 Å². The van der Waals surface area contributed by atoms with Crippen molar-refractivity contribution in [3.05, 3.63) is 17.5 Å². The summed E-state index contributed by atoms with van der Waals surface area (Å²) in [5.74, 6) is 0.300. The number of piperidine rings is 1. The molecule has 2 unspecified atom stereocenters. The minimum atomic E-state index is -0.529. The van der Waals surface area contributed by atoms with Gasteiger partial charge in [-0.15, -0.1) is 0 Å². The van der Waals surface area contributed by atoms with E-state index in [-0.39, 0.29) is 11.8 Å². The molecule has 2 aliphatic rings. The van der Waals surface area contributed by atoms with Gasteiger partial charge in [-0.3, -0.25) is 9.48 Å². The first-order chi connectivity index (χ1) is 9.49. The molecule has 1 saturated heterocycles. The van der Waals surface area contributed by atoms with E-state index in [0.717, 1.165) is 25.0 Å². The normalized spacial score (nSPS) is 30.1. The fourth-order valence-electron chi connectivity index (χ4n) is 3.74. The van der Waals surface area contributed by atoms with E-state index in [0.29, 0.717) is 25.1 Å². The Balaban J connectivity index is 1.76. The number of hydrogen-bond donors (Lipinski definition) is 1. The van der Waals surface area contributed by atoms with Crippen molar-refractivity contribution in [1.29, 1.82) is 0 Å². The maximum Gasteiger partial charge on any atom is 0.257 e. The van der Waals surface area contributed by atoms with Crippen LogP contribution in [0.25, 0.3) is 0 Å². The lowest BCUT2D eigenvalue weighted by molar-refractivity contribution is -0.0886. The van der Waals surface area contributed by atoms with Crippen LogP contribution in [0.15, 0.2) is 6.20 Å². The van der Waals surface area contributed by atoms with Gasteiger partial charge in [0.05, 0.1) is 16.9 Å². The number of rotatable bonds is 1. The number of carbonyl (C=O) groups is 1. The van der Waals surface area contributed by atoms with Crippen LogP contribution in [0, 0.1) is 12.8 Å². The van der Waals surface area contributed by atoms with Crippen LogP contribution >= 0.6 is 0 Å². The maximum absolute atomic E-state index is 12.6. The van der Waals surface area contributed by atoms with Gasteiger partial charge in [-0.25, -0.2) is 0 Å². The van der Waals surface area contributed by atoms with Crippen LogP contribution in [-0.4, -0.2) is 44.4 Å². The van der Waals surface area contributed by atoms with Crippen molar-refractivity contribution in [3.8, 4) is 0 Å². The fourth-order valence-corrected chi connectivity index (χ4v) is 3.74.